The first kappa shape index (κ1) is 21.9. The fourth-order valence-electron chi connectivity index (χ4n) is 2.56. The molecule has 2 aromatic rings. The Kier molecular flexibility index (Phi) is 7.22. The van der Waals surface area contributed by atoms with Gasteiger partial charge < -0.3 is 14.5 Å². The van der Waals surface area contributed by atoms with E-state index in [-0.39, 0.29) is 0 Å². The van der Waals surface area contributed by atoms with Gasteiger partial charge in [-0.15, -0.1) is 0 Å². The van der Waals surface area contributed by atoms with Crippen molar-refractivity contribution in [2.75, 3.05) is 0 Å². The molecular weight excluding hydrogens is 349 g/mol. The lowest BCUT2D eigenvalue weighted by atomic mass is 9.79. The van der Waals surface area contributed by atoms with Gasteiger partial charge in [0.05, 0.1) is 11.2 Å². The second-order valence-electron chi connectivity index (χ2n) is 7.78. The summed E-state index contributed by atoms with van der Waals surface area (Å²) in [5.74, 6) is 0.678. The number of hydrogen-bond donors (Lipinski definition) is 1. The SMILES string of the molecule is C=Nc1c(OCc2ccccc2)ccc(BOC(C)(C)C(C)(C)O)c1/C=C\C. The van der Waals surface area contributed by atoms with E-state index in [9.17, 15) is 5.11 Å². The van der Waals surface area contributed by atoms with Crippen LogP contribution in [0.5, 0.6) is 5.75 Å². The molecule has 2 rings (SSSR count). The molecule has 0 saturated heterocycles. The van der Waals surface area contributed by atoms with Gasteiger partial charge in [0, 0.05) is 5.56 Å². The van der Waals surface area contributed by atoms with Crippen molar-refractivity contribution in [3.8, 4) is 5.75 Å². The van der Waals surface area contributed by atoms with Crippen molar-refractivity contribution in [2.24, 2.45) is 4.99 Å². The molecule has 0 unspecified atom stereocenters. The van der Waals surface area contributed by atoms with Gasteiger partial charge in [-0.05, 0) is 58.4 Å². The van der Waals surface area contributed by atoms with Crippen LogP contribution in [0.2, 0.25) is 0 Å². The minimum Gasteiger partial charge on any atom is -0.487 e. The zero-order valence-electron chi connectivity index (χ0n) is 17.5. The van der Waals surface area contributed by atoms with Crippen LogP contribution in [0.3, 0.4) is 0 Å². The maximum absolute atomic E-state index is 10.3. The summed E-state index contributed by atoms with van der Waals surface area (Å²) in [6, 6.07) is 13.9. The van der Waals surface area contributed by atoms with E-state index in [0.717, 1.165) is 16.6 Å². The molecule has 0 saturated carbocycles. The van der Waals surface area contributed by atoms with Crippen LogP contribution in [0.15, 0.2) is 53.5 Å². The maximum Gasteiger partial charge on any atom is 0.310 e. The summed E-state index contributed by atoms with van der Waals surface area (Å²) in [4.78, 5) is 4.22. The van der Waals surface area contributed by atoms with Gasteiger partial charge in [-0.2, -0.15) is 0 Å². The largest absolute Gasteiger partial charge is 0.487 e. The van der Waals surface area contributed by atoms with E-state index < -0.39 is 11.2 Å². The van der Waals surface area contributed by atoms with E-state index in [1.165, 1.54) is 0 Å². The highest BCUT2D eigenvalue weighted by Crippen LogP contribution is 2.32. The maximum atomic E-state index is 10.3. The number of allylic oxidation sites excluding steroid dienone is 1. The summed E-state index contributed by atoms with van der Waals surface area (Å²) in [7, 11) is 0.345. The Morgan fingerprint density at radius 1 is 1.11 bits per heavy atom. The highest BCUT2D eigenvalue weighted by Gasteiger charge is 2.35. The summed E-state index contributed by atoms with van der Waals surface area (Å²) < 4.78 is 12.1. The quantitative estimate of drug-likeness (QED) is 0.526. The predicted octanol–water partition coefficient (Wildman–Crippen LogP) is 4.17. The van der Waals surface area contributed by atoms with Crippen LogP contribution in [0.4, 0.5) is 5.69 Å². The van der Waals surface area contributed by atoms with Gasteiger partial charge >= 0.3 is 7.48 Å². The van der Waals surface area contributed by atoms with E-state index in [0.29, 0.717) is 25.5 Å². The molecule has 148 valence electrons. The Labute approximate surface area is 169 Å². The number of aliphatic hydroxyl groups is 1. The number of hydrogen-bond acceptors (Lipinski definition) is 4. The number of aliphatic imine (C=N–C) groups is 1. The number of nitrogens with zero attached hydrogens (tertiary/aromatic N) is 1. The second kappa shape index (κ2) is 9.22. The number of rotatable bonds is 9. The molecule has 0 bridgehead atoms. The fraction of sp³-hybridized carbons (Fsp3) is 0.348. The third-order valence-electron chi connectivity index (χ3n) is 5.06. The Morgan fingerprint density at radius 3 is 2.36 bits per heavy atom. The Balaban J connectivity index is 2.29. The van der Waals surface area contributed by atoms with Crippen LogP contribution in [0.25, 0.3) is 6.08 Å². The van der Waals surface area contributed by atoms with Gasteiger partial charge in [0.1, 0.15) is 18.0 Å². The van der Waals surface area contributed by atoms with Crippen molar-refractivity contribution in [1.82, 2.24) is 0 Å². The minimum absolute atomic E-state index is 0.345. The summed E-state index contributed by atoms with van der Waals surface area (Å²) in [5.41, 5.74) is 1.98. The zero-order valence-corrected chi connectivity index (χ0v) is 17.5. The summed E-state index contributed by atoms with van der Waals surface area (Å²) in [6.45, 7) is 13.4. The molecular formula is C23H30BNO3. The van der Waals surface area contributed by atoms with Gasteiger partial charge in [-0.1, -0.05) is 48.6 Å². The zero-order chi connectivity index (χ0) is 20.8. The molecule has 0 spiro atoms. The molecule has 0 aromatic heterocycles. The average molecular weight is 379 g/mol. The molecule has 5 heteroatoms. The molecule has 0 radical (unpaired) electrons. The van der Waals surface area contributed by atoms with Crippen LogP contribution in [-0.4, -0.2) is 30.5 Å². The molecule has 2 aromatic carbocycles. The van der Waals surface area contributed by atoms with E-state index in [1.807, 2.05) is 75.4 Å². The summed E-state index contributed by atoms with van der Waals surface area (Å²) >= 11 is 0. The Hall–Kier alpha value is -2.37. The molecule has 0 heterocycles. The first-order chi connectivity index (χ1) is 13.2. The van der Waals surface area contributed by atoms with Gasteiger partial charge in [0.2, 0.25) is 0 Å². The first-order valence-corrected chi connectivity index (χ1v) is 9.48. The predicted molar refractivity (Wildman–Crippen MR) is 119 cm³/mol. The topological polar surface area (TPSA) is 51.0 Å². The lowest BCUT2D eigenvalue weighted by Crippen LogP contribution is -2.49. The highest BCUT2D eigenvalue weighted by molar-refractivity contribution is 6.48. The van der Waals surface area contributed by atoms with Crippen LogP contribution in [-0.2, 0) is 11.3 Å². The first-order valence-electron chi connectivity index (χ1n) is 9.48. The highest BCUT2D eigenvalue weighted by atomic mass is 16.5. The van der Waals surface area contributed by atoms with Crippen molar-refractivity contribution in [3.63, 3.8) is 0 Å². The monoisotopic (exact) mass is 379 g/mol. The molecule has 0 aliphatic carbocycles. The molecule has 0 atom stereocenters. The van der Waals surface area contributed by atoms with E-state index in [2.05, 4.69) is 11.7 Å². The second-order valence-corrected chi connectivity index (χ2v) is 7.78. The smallest absolute Gasteiger partial charge is 0.310 e. The third-order valence-corrected chi connectivity index (χ3v) is 5.06. The van der Waals surface area contributed by atoms with Gasteiger partial charge in [-0.25, -0.2) is 0 Å². The van der Waals surface area contributed by atoms with Crippen molar-refractivity contribution >= 4 is 31.4 Å². The lowest BCUT2D eigenvalue weighted by Gasteiger charge is -2.37. The third kappa shape index (κ3) is 5.34. The van der Waals surface area contributed by atoms with Crippen molar-refractivity contribution in [3.05, 3.63) is 59.7 Å². The fourth-order valence-corrected chi connectivity index (χ4v) is 2.56. The van der Waals surface area contributed by atoms with Gasteiger partial charge in [0.25, 0.3) is 0 Å². The number of ether oxygens (including phenoxy) is 1. The summed E-state index contributed by atoms with van der Waals surface area (Å²) in [5, 5.41) is 10.3. The molecule has 0 amide bonds. The van der Waals surface area contributed by atoms with Gasteiger partial charge in [-0.3, -0.25) is 4.99 Å². The van der Waals surface area contributed by atoms with Crippen LogP contribution >= 0.6 is 0 Å². The molecule has 0 aliphatic rings. The van der Waals surface area contributed by atoms with Crippen molar-refractivity contribution < 1.29 is 14.5 Å². The van der Waals surface area contributed by atoms with Gasteiger partial charge in [0.15, 0.2) is 0 Å². The van der Waals surface area contributed by atoms with E-state index >= 15 is 0 Å². The molecule has 28 heavy (non-hydrogen) atoms. The van der Waals surface area contributed by atoms with Crippen molar-refractivity contribution in [1.29, 1.82) is 0 Å². The van der Waals surface area contributed by atoms with Crippen LogP contribution < -0.4 is 10.2 Å². The van der Waals surface area contributed by atoms with E-state index in [4.69, 9.17) is 9.39 Å². The molecule has 0 aliphatic heterocycles. The van der Waals surface area contributed by atoms with Crippen molar-refractivity contribution in [2.45, 2.75) is 52.4 Å². The Bertz CT molecular complexity index is 824. The normalized spacial score (nSPS) is 12.2. The lowest BCUT2D eigenvalue weighted by molar-refractivity contribution is -0.0893. The number of benzene rings is 2. The summed E-state index contributed by atoms with van der Waals surface area (Å²) in [6.07, 6.45) is 3.94. The van der Waals surface area contributed by atoms with Crippen LogP contribution in [0, 0.1) is 0 Å². The Morgan fingerprint density at radius 2 is 1.79 bits per heavy atom. The molecule has 0 fully saturated rings. The van der Waals surface area contributed by atoms with Crippen LogP contribution in [0.1, 0.15) is 45.7 Å². The molecule has 1 N–H and O–H groups in total. The standard InChI is InChI=1S/C23H30BNO3/c1-7-11-18-19(24-28-23(4,5)22(2,3)26)14-15-20(21(18)25-6)27-16-17-12-9-8-10-13-17/h7-15,24,26H,6,16H2,1-5H3/b11-7-. The minimum atomic E-state index is -0.966. The average Bonchev–Trinajstić information content (AvgIpc) is 2.65. The molecule has 4 nitrogen and oxygen atoms in total. The van der Waals surface area contributed by atoms with E-state index in [1.54, 1.807) is 13.8 Å².